The minimum absolute atomic E-state index is 0.125. The van der Waals surface area contributed by atoms with Gasteiger partial charge in [-0.1, -0.05) is 23.2 Å². The van der Waals surface area contributed by atoms with Crippen molar-refractivity contribution in [1.82, 2.24) is 4.98 Å². The number of alkyl halides is 3. The largest absolute Gasteiger partial charge is 0.377 e. The fraction of sp³-hybridized carbons (Fsp3) is 0.200. The van der Waals surface area contributed by atoms with Crippen LogP contribution in [0, 0.1) is 0 Å². The Morgan fingerprint density at radius 3 is 2.33 bits per heavy atom. The van der Waals surface area contributed by atoms with Gasteiger partial charge in [-0.2, -0.15) is 8.78 Å². The molecule has 1 N–H and O–H groups in total. The molecule has 0 aromatic carbocycles. The second-order valence-electron chi connectivity index (χ2n) is 1.84. The second kappa shape index (κ2) is 3.62. The molecule has 0 aliphatic heterocycles. The molecule has 1 rings (SSSR count). The lowest BCUT2D eigenvalue weighted by Crippen LogP contribution is -1.96. The van der Waals surface area contributed by atoms with Gasteiger partial charge in [0.25, 0.3) is 0 Å². The predicted octanol–water partition coefficient (Wildman–Crippen LogP) is 4.20. The summed E-state index contributed by atoms with van der Waals surface area (Å²) in [6.07, 6.45) is 0. The Labute approximate surface area is 86.4 Å². The van der Waals surface area contributed by atoms with Gasteiger partial charge < -0.3 is 4.98 Å². The molecule has 1 aromatic heterocycles. The summed E-state index contributed by atoms with van der Waals surface area (Å²) < 4.78 is 21.0. The van der Waals surface area contributed by atoms with Crippen LogP contribution in [0.25, 0.3) is 0 Å². The van der Waals surface area contributed by atoms with Gasteiger partial charge in [-0.15, -0.1) is 0 Å². The molecule has 1 aromatic rings. The van der Waals surface area contributed by atoms with Crippen LogP contribution in [0.3, 0.4) is 0 Å². The number of hydrogen-bond donors (Lipinski definition) is 1. The molecule has 0 aliphatic carbocycles. The predicted molar refractivity (Wildman–Crippen MR) is 47.5 cm³/mol. The first-order valence-electron chi connectivity index (χ1n) is 2.68. The van der Waals surface area contributed by atoms with E-state index in [2.05, 4.69) is 16.6 Å². The summed E-state index contributed by atoms with van der Waals surface area (Å²) in [7, 11) is 0. The van der Waals surface area contributed by atoms with Crippen LogP contribution in [-0.2, 0) is 0 Å². The number of thioether (sulfide) groups is 1. The number of hydrogen-bond acceptors (Lipinski definition) is 1. The maximum Gasteiger partial charge on any atom is 0.377 e. The molecule has 1 nitrogen and oxygen atoms in total. The van der Waals surface area contributed by atoms with Crippen LogP contribution in [-0.4, -0.2) is 9.70 Å². The number of nitrogens with one attached hydrogen (secondary N) is 1. The second-order valence-corrected chi connectivity index (χ2v) is 4.48. The van der Waals surface area contributed by atoms with Crippen molar-refractivity contribution in [2.24, 2.45) is 0 Å². The molecule has 7 heteroatoms. The van der Waals surface area contributed by atoms with Crippen molar-refractivity contribution in [3.05, 3.63) is 16.2 Å². The molecule has 0 spiro atoms. The van der Waals surface area contributed by atoms with Gasteiger partial charge >= 0.3 is 4.71 Å². The zero-order valence-corrected chi connectivity index (χ0v) is 8.46. The molecule has 68 valence electrons. The first kappa shape index (κ1) is 10.4. The molecule has 0 saturated heterocycles. The SMILES string of the molecule is FC(F)(Cl)Sc1cc(Cl)c(Cl)[nH]1. The minimum Gasteiger partial charge on any atom is -0.339 e. The molecule has 0 unspecified atom stereocenters. The van der Waals surface area contributed by atoms with Crippen LogP contribution < -0.4 is 0 Å². The lowest BCUT2D eigenvalue weighted by Gasteiger charge is -2.03. The van der Waals surface area contributed by atoms with Crippen LogP contribution in [0.1, 0.15) is 0 Å². The van der Waals surface area contributed by atoms with E-state index in [1.54, 1.807) is 0 Å². The van der Waals surface area contributed by atoms with Crippen LogP contribution in [0.5, 0.6) is 0 Å². The molecule has 0 amide bonds. The van der Waals surface area contributed by atoms with E-state index in [4.69, 9.17) is 23.2 Å². The summed E-state index contributed by atoms with van der Waals surface area (Å²) in [5.41, 5.74) is 0. The number of H-pyrrole nitrogens is 1. The van der Waals surface area contributed by atoms with Gasteiger partial charge in [0.2, 0.25) is 0 Å². The lowest BCUT2D eigenvalue weighted by atomic mass is 10.7. The van der Waals surface area contributed by atoms with Gasteiger partial charge in [-0.25, -0.2) is 0 Å². The van der Waals surface area contributed by atoms with E-state index in [1.165, 1.54) is 6.07 Å². The summed E-state index contributed by atoms with van der Waals surface area (Å²) in [6.45, 7) is 0. The highest BCUT2D eigenvalue weighted by Gasteiger charge is 2.27. The highest BCUT2D eigenvalue weighted by atomic mass is 35.5. The maximum atomic E-state index is 12.2. The van der Waals surface area contributed by atoms with Crippen LogP contribution in [0.4, 0.5) is 8.78 Å². The molecule has 0 atom stereocenters. The highest BCUT2D eigenvalue weighted by molar-refractivity contribution is 8.01. The third-order valence-electron chi connectivity index (χ3n) is 0.926. The minimum atomic E-state index is -3.35. The van der Waals surface area contributed by atoms with Crippen molar-refractivity contribution in [3.63, 3.8) is 0 Å². The van der Waals surface area contributed by atoms with E-state index in [0.717, 1.165) is 0 Å². The Balaban J connectivity index is 2.77. The monoisotopic (exact) mass is 251 g/mol. The van der Waals surface area contributed by atoms with E-state index in [0.29, 0.717) is 0 Å². The third kappa shape index (κ3) is 3.01. The molecule has 0 saturated carbocycles. The maximum absolute atomic E-state index is 12.2. The van der Waals surface area contributed by atoms with Gasteiger partial charge in [-0.05, 0) is 29.4 Å². The summed E-state index contributed by atoms with van der Waals surface area (Å²) in [5.74, 6) is 0. The van der Waals surface area contributed by atoms with E-state index in [9.17, 15) is 8.78 Å². The van der Waals surface area contributed by atoms with E-state index in [-0.39, 0.29) is 27.0 Å². The van der Waals surface area contributed by atoms with Gasteiger partial charge in [0.1, 0.15) is 5.15 Å². The highest BCUT2D eigenvalue weighted by Crippen LogP contribution is 2.40. The zero-order chi connectivity index (χ0) is 9.35. The Kier molecular flexibility index (Phi) is 3.15. The normalized spacial score (nSPS) is 12.1. The summed E-state index contributed by atoms with van der Waals surface area (Å²) in [6, 6.07) is 1.28. The standard InChI is InChI=1S/C5H2Cl3F2NS/c6-2-1-3(11-4(2)7)12-5(8,9)10/h1,11H. The number of aromatic amines is 1. The van der Waals surface area contributed by atoms with Crippen LogP contribution >= 0.6 is 46.6 Å². The Hall–Kier alpha value is 0.360. The molecule has 1 heterocycles. The summed E-state index contributed by atoms with van der Waals surface area (Å²) >= 11 is 15.8. The lowest BCUT2D eigenvalue weighted by molar-refractivity contribution is 0.203. The molecular formula is C5H2Cl3F2NS. The first-order valence-corrected chi connectivity index (χ1v) is 4.63. The van der Waals surface area contributed by atoms with E-state index >= 15 is 0 Å². The third-order valence-corrected chi connectivity index (χ3v) is 2.52. The van der Waals surface area contributed by atoms with Crippen LogP contribution in [0.15, 0.2) is 11.1 Å². The fourth-order valence-electron chi connectivity index (χ4n) is 0.562. The molecule has 0 fully saturated rings. The Bertz CT molecular complexity index is 263. The smallest absolute Gasteiger partial charge is 0.339 e. The zero-order valence-electron chi connectivity index (χ0n) is 5.38. The molecule has 12 heavy (non-hydrogen) atoms. The van der Waals surface area contributed by atoms with Crippen molar-refractivity contribution < 1.29 is 8.78 Å². The summed E-state index contributed by atoms with van der Waals surface area (Å²) in [5, 5.41) is 0.449. The number of aromatic nitrogens is 1. The summed E-state index contributed by atoms with van der Waals surface area (Å²) in [4.78, 5) is 2.43. The number of halogens is 5. The molecule has 0 bridgehead atoms. The van der Waals surface area contributed by atoms with Gasteiger partial charge in [0.15, 0.2) is 0 Å². The van der Waals surface area contributed by atoms with Crippen molar-refractivity contribution in [3.8, 4) is 0 Å². The van der Waals surface area contributed by atoms with Gasteiger partial charge in [0, 0.05) is 0 Å². The van der Waals surface area contributed by atoms with Gasteiger partial charge in [0.05, 0.1) is 10.0 Å². The molecular weight excluding hydrogens is 250 g/mol. The molecule has 0 radical (unpaired) electrons. The van der Waals surface area contributed by atoms with Crippen molar-refractivity contribution >= 4 is 46.6 Å². The van der Waals surface area contributed by atoms with Crippen molar-refractivity contribution in [2.75, 3.05) is 0 Å². The van der Waals surface area contributed by atoms with Gasteiger partial charge in [-0.3, -0.25) is 0 Å². The fourth-order valence-corrected chi connectivity index (χ4v) is 1.82. The first-order chi connectivity index (χ1) is 5.38. The Morgan fingerprint density at radius 1 is 1.42 bits per heavy atom. The topological polar surface area (TPSA) is 15.8 Å². The average molecular weight is 253 g/mol. The van der Waals surface area contributed by atoms with Crippen LogP contribution in [0.2, 0.25) is 10.2 Å². The van der Waals surface area contributed by atoms with E-state index < -0.39 is 4.71 Å². The quantitative estimate of drug-likeness (QED) is 0.616. The molecule has 0 aliphatic rings. The van der Waals surface area contributed by atoms with Crippen molar-refractivity contribution in [2.45, 2.75) is 9.74 Å². The van der Waals surface area contributed by atoms with E-state index in [1.807, 2.05) is 0 Å². The van der Waals surface area contributed by atoms with Crippen molar-refractivity contribution in [1.29, 1.82) is 0 Å². The number of rotatable bonds is 2. The Morgan fingerprint density at radius 2 is 2.00 bits per heavy atom. The average Bonchev–Trinajstić information content (AvgIpc) is 2.07.